The number of nitrogens with zero attached hydrogens (tertiary/aromatic N) is 3. The molecule has 5 nitrogen and oxygen atoms in total. The normalized spacial score (nSPS) is 24.8. The third kappa shape index (κ3) is 2.69. The van der Waals surface area contributed by atoms with E-state index >= 15 is 0 Å². The maximum absolute atomic E-state index is 6.00. The second kappa shape index (κ2) is 5.18. The molecule has 1 aromatic heterocycles. The molecule has 6 heteroatoms. The highest BCUT2D eigenvalue weighted by Crippen LogP contribution is 2.25. The molecule has 1 aliphatic rings. The van der Waals surface area contributed by atoms with Gasteiger partial charge in [0.15, 0.2) is 0 Å². The van der Waals surface area contributed by atoms with Crippen LogP contribution < -0.4 is 15.4 Å². The van der Waals surface area contributed by atoms with E-state index in [9.17, 15) is 0 Å². The second-order valence-electron chi connectivity index (χ2n) is 4.40. The van der Waals surface area contributed by atoms with Crippen LogP contribution in [0.4, 0.5) is 5.95 Å². The monoisotopic (exact) mass is 300 g/mol. The van der Waals surface area contributed by atoms with E-state index < -0.39 is 0 Å². The molecule has 0 bridgehead atoms. The van der Waals surface area contributed by atoms with Gasteiger partial charge in [0.2, 0.25) is 11.8 Å². The Morgan fingerprint density at radius 2 is 2.35 bits per heavy atom. The molecule has 1 fully saturated rings. The molecule has 1 aliphatic heterocycles. The summed E-state index contributed by atoms with van der Waals surface area (Å²) < 4.78 is 5.94. The Morgan fingerprint density at radius 1 is 1.59 bits per heavy atom. The van der Waals surface area contributed by atoms with Crippen LogP contribution in [0.15, 0.2) is 10.7 Å². The van der Waals surface area contributed by atoms with Crippen LogP contribution in [0.3, 0.4) is 0 Å². The van der Waals surface area contributed by atoms with Gasteiger partial charge in [0.1, 0.15) is 0 Å². The Labute approximate surface area is 110 Å². The number of anilines is 1. The summed E-state index contributed by atoms with van der Waals surface area (Å²) in [5.74, 6) is 1.74. The number of rotatable bonds is 2. The van der Waals surface area contributed by atoms with E-state index in [-0.39, 0.29) is 6.04 Å². The zero-order chi connectivity index (χ0) is 12.4. The van der Waals surface area contributed by atoms with Gasteiger partial charge in [-0.25, -0.2) is 4.98 Å². The maximum Gasteiger partial charge on any atom is 0.232 e. The van der Waals surface area contributed by atoms with Crippen LogP contribution in [0, 0.1) is 5.92 Å². The number of methoxy groups -OCH3 is 1. The van der Waals surface area contributed by atoms with Crippen molar-refractivity contribution in [1.82, 2.24) is 9.97 Å². The molecule has 1 aromatic rings. The number of hydrogen-bond donors (Lipinski definition) is 1. The molecule has 2 unspecified atom stereocenters. The van der Waals surface area contributed by atoms with Gasteiger partial charge in [0, 0.05) is 19.1 Å². The predicted molar refractivity (Wildman–Crippen MR) is 70.3 cm³/mol. The van der Waals surface area contributed by atoms with E-state index in [4.69, 9.17) is 10.5 Å². The molecule has 0 aromatic carbocycles. The van der Waals surface area contributed by atoms with Crippen molar-refractivity contribution in [3.05, 3.63) is 10.7 Å². The molecule has 0 spiro atoms. The van der Waals surface area contributed by atoms with Crippen molar-refractivity contribution in [2.45, 2.75) is 19.4 Å². The number of halogens is 1. The van der Waals surface area contributed by atoms with Crippen LogP contribution in [0.5, 0.6) is 5.88 Å². The van der Waals surface area contributed by atoms with Crippen LogP contribution in [0.25, 0.3) is 0 Å². The summed E-state index contributed by atoms with van der Waals surface area (Å²) in [4.78, 5) is 10.9. The highest BCUT2D eigenvalue weighted by molar-refractivity contribution is 9.10. The lowest BCUT2D eigenvalue weighted by Gasteiger charge is -2.35. The summed E-state index contributed by atoms with van der Waals surface area (Å²) in [6.45, 7) is 3.95. The Bertz CT molecular complexity index is 401. The molecule has 0 aliphatic carbocycles. The number of ether oxygens (including phenoxy) is 1. The average Bonchev–Trinajstić information content (AvgIpc) is 2.33. The Kier molecular flexibility index (Phi) is 3.83. The van der Waals surface area contributed by atoms with Crippen LogP contribution >= 0.6 is 15.9 Å². The van der Waals surface area contributed by atoms with Crippen molar-refractivity contribution in [3.8, 4) is 5.88 Å². The van der Waals surface area contributed by atoms with Gasteiger partial charge < -0.3 is 15.4 Å². The number of aromatic nitrogens is 2. The first-order chi connectivity index (χ1) is 8.11. The molecule has 0 saturated carbocycles. The fourth-order valence-electron chi connectivity index (χ4n) is 1.98. The largest absolute Gasteiger partial charge is 0.480 e. The summed E-state index contributed by atoms with van der Waals surface area (Å²) in [5, 5.41) is 0. The van der Waals surface area contributed by atoms with Gasteiger partial charge in [-0.1, -0.05) is 6.92 Å². The van der Waals surface area contributed by atoms with Gasteiger partial charge in [0.25, 0.3) is 0 Å². The Balaban J connectivity index is 2.17. The summed E-state index contributed by atoms with van der Waals surface area (Å²) >= 11 is 3.35. The Hall–Kier alpha value is -0.880. The van der Waals surface area contributed by atoms with E-state index in [0.29, 0.717) is 17.7 Å². The van der Waals surface area contributed by atoms with Gasteiger partial charge in [-0.3, -0.25) is 0 Å². The highest BCUT2D eigenvalue weighted by atomic mass is 79.9. The maximum atomic E-state index is 6.00. The minimum atomic E-state index is 0.281. The Morgan fingerprint density at radius 3 is 3.00 bits per heavy atom. The van der Waals surface area contributed by atoms with Crippen LogP contribution in [0.2, 0.25) is 0 Å². The first-order valence-electron chi connectivity index (χ1n) is 5.69. The first-order valence-corrected chi connectivity index (χ1v) is 6.48. The second-order valence-corrected chi connectivity index (χ2v) is 5.26. The number of hydrogen-bond acceptors (Lipinski definition) is 5. The standard InChI is InChI=1S/C11H17BrN4O/c1-7-6-16(4-3-9(7)13)11-14-5-8(12)10(15-11)17-2/h5,7,9H,3-4,6,13H2,1-2H3. The lowest BCUT2D eigenvalue weighted by atomic mass is 9.95. The lowest BCUT2D eigenvalue weighted by molar-refractivity contribution is 0.373. The van der Waals surface area contributed by atoms with Crippen molar-refractivity contribution in [2.24, 2.45) is 11.7 Å². The summed E-state index contributed by atoms with van der Waals surface area (Å²) in [7, 11) is 1.60. The van der Waals surface area contributed by atoms with Crippen molar-refractivity contribution in [1.29, 1.82) is 0 Å². The van der Waals surface area contributed by atoms with Gasteiger partial charge in [-0.2, -0.15) is 4.98 Å². The minimum absolute atomic E-state index is 0.281. The average molecular weight is 301 g/mol. The van der Waals surface area contributed by atoms with Gasteiger partial charge in [-0.05, 0) is 28.3 Å². The number of piperidine rings is 1. The third-order valence-electron chi connectivity index (χ3n) is 3.15. The van der Waals surface area contributed by atoms with Crippen LogP contribution in [-0.2, 0) is 0 Å². The molecule has 2 rings (SSSR count). The minimum Gasteiger partial charge on any atom is -0.480 e. The van der Waals surface area contributed by atoms with E-state index in [0.717, 1.165) is 24.0 Å². The van der Waals surface area contributed by atoms with Crippen molar-refractivity contribution in [3.63, 3.8) is 0 Å². The summed E-state index contributed by atoms with van der Waals surface area (Å²) in [6, 6.07) is 0.281. The van der Waals surface area contributed by atoms with E-state index in [1.54, 1.807) is 13.3 Å². The van der Waals surface area contributed by atoms with Crippen LogP contribution in [0.1, 0.15) is 13.3 Å². The smallest absolute Gasteiger partial charge is 0.232 e. The van der Waals surface area contributed by atoms with E-state index in [1.165, 1.54) is 0 Å². The molecule has 2 heterocycles. The molecule has 2 N–H and O–H groups in total. The SMILES string of the molecule is COc1nc(N2CCC(N)C(C)C2)ncc1Br. The quantitative estimate of drug-likeness (QED) is 0.895. The summed E-state index contributed by atoms with van der Waals surface area (Å²) in [6.07, 6.45) is 2.70. The van der Waals surface area contributed by atoms with Crippen molar-refractivity contribution < 1.29 is 4.74 Å². The molecule has 1 saturated heterocycles. The van der Waals surface area contributed by atoms with Gasteiger partial charge in [0.05, 0.1) is 17.8 Å². The highest BCUT2D eigenvalue weighted by Gasteiger charge is 2.25. The molecule has 0 radical (unpaired) electrons. The van der Waals surface area contributed by atoms with Crippen molar-refractivity contribution in [2.75, 3.05) is 25.1 Å². The van der Waals surface area contributed by atoms with E-state index in [2.05, 4.69) is 37.7 Å². The lowest BCUT2D eigenvalue weighted by Crippen LogP contribution is -2.46. The molecule has 17 heavy (non-hydrogen) atoms. The van der Waals surface area contributed by atoms with Gasteiger partial charge in [-0.15, -0.1) is 0 Å². The van der Waals surface area contributed by atoms with Crippen LogP contribution in [-0.4, -0.2) is 36.2 Å². The zero-order valence-electron chi connectivity index (χ0n) is 10.1. The van der Waals surface area contributed by atoms with Crippen molar-refractivity contribution >= 4 is 21.9 Å². The molecular weight excluding hydrogens is 284 g/mol. The van der Waals surface area contributed by atoms with Gasteiger partial charge >= 0.3 is 0 Å². The predicted octanol–water partition coefficient (Wildman–Crippen LogP) is 1.42. The first kappa shape index (κ1) is 12.6. The molecular formula is C11H17BrN4O. The fourth-order valence-corrected chi connectivity index (χ4v) is 2.34. The number of nitrogens with two attached hydrogens (primary N) is 1. The molecule has 2 atom stereocenters. The van der Waals surface area contributed by atoms with E-state index in [1.807, 2.05) is 0 Å². The molecule has 0 amide bonds. The molecule has 94 valence electrons. The topological polar surface area (TPSA) is 64.3 Å². The zero-order valence-corrected chi connectivity index (χ0v) is 11.6. The third-order valence-corrected chi connectivity index (χ3v) is 3.69. The fraction of sp³-hybridized carbons (Fsp3) is 0.636. The summed E-state index contributed by atoms with van der Waals surface area (Å²) in [5.41, 5.74) is 6.00.